The zero-order valence-corrected chi connectivity index (χ0v) is 20.6. The van der Waals surface area contributed by atoms with Gasteiger partial charge < -0.3 is 15.1 Å². The molecule has 1 aromatic rings. The molecule has 1 saturated heterocycles. The van der Waals surface area contributed by atoms with Gasteiger partial charge in [-0.1, -0.05) is 36.8 Å². The monoisotopic (exact) mass is 463 g/mol. The average Bonchev–Trinajstić information content (AvgIpc) is 3.53. The van der Waals surface area contributed by atoms with Crippen molar-refractivity contribution in [3.05, 3.63) is 35.9 Å². The maximum absolute atomic E-state index is 13.6. The van der Waals surface area contributed by atoms with Crippen LogP contribution in [0.1, 0.15) is 63.4 Å². The van der Waals surface area contributed by atoms with Gasteiger partial charge in [-0.3, -0.25) is 9.69 Å². The van der Waals surface area contributed by atoms with Gasteiger partial charge in [0.15, 0.2) is 0 Å². The molecule has 1 aliphatic heterocycles. The first kappa shape index (κ1) is 23.2. The van der Waals surface area contributed by atoms with Crippen molar-refractivity contribution in [2.75, 3.05) is 33.7 Å². The Balaban J connectivity index is 1.35. The quantitative estimate of drug-likeness (QED) is 0.672. The molecule has 34 heavy (non-hydrogen) atoms. The Morgan fingerprint density at radius 3 is 2.32 bits per heavy atom. The summed E-state index contributed by atoms with van der Waals surface area (Å²) < 4.78 is 0. The number of nitrogens with one attached hydrogen (secondary N) is 1. The number of rotatable bonds is 7. The summed E-state index contributed by atoms with van der Waals surface area (Å²) in [7, 11) is 4.33. The molecule has 0 aromatic heterocycles. The Morgan fingerprint density at radius 2 is 1.79 bits per heavy atom. The first-order valence-corrected chi connectivity index (χ1v) is 12.8. The van der Waals surface area contributed by atoms with Gasteiger partial charge in [0.2, 0.25) is 5.91 Å². The van der Waals surface area contributed by atoms with E-state index in [1.807, 2.05) is 0 Å². The van der Waals surface area contributed by atoms with E-state index in [1.165, 1.54) is 24.8 Å². The highest BCUT2D eigenvalue weighted by molar-refractivity contribution is 5.86. The number of nitrogens with zero attached hydrogens (tertiary/aromatic N) is 4. The van der Waals surface area contributed by atoms with E-state index < -0.39 is 5.54 Å². The van der Waals surface area contributed by atoms with Gasteiger partial charge in [-0.25, -0.2) is 4.79 Å². The topological polar surface area (TPSA) is 79.7 Å². The zero-order valence-electron chi connectivity index (χ0n) is 20.6. The number of hydrogen-bond donors (Lipinski definition) is 1. The molecule has 0 atom stereocenters. The number of amides is 3. The molecular formula is C27H37N5O2. The third-order valence-electron chi connectivity index (χ3n) is 9.08. The molecule has 4 fully saturated rings. The van der Waals surface area contributed by atoms with Crippen molar-refractivity contribution in [3.63, 3.8) is 0 Å². The average molecular weight is 464 g/mol. The highest BCUT2D eigenvalue weighted by atomic mass is 16.2. The van der Waals surface area contributed by atoms with E-state index in [4.69, 9.17) is 0 Å². The van der Waals surface area contributed by atoms with Crippen molar-refractivity contribution < 1.29 is 9.59 Å². The van der Waals surface area contributed by atoms with Gasteiger partial charge in [-0.2, -0.15) is 5.26 Å². The second-order valence-electron chi connectivity index (χ2n) is 11.3. The standard InChI is InChI=1S/C27H37N5O2/c1-30(2)27(22-9-4-3-5-10-22)15-13-26(14-16-27)20-31(18-23(33)29-25(19-28)11-12-25)24(34)32(26)17-21-7-6-8-21/h3-5,9-10,21H,6-8,11-18,20H2,1-2H3,(H,29,33). The van der Waals surface area contributed by atoms with E-state index in [-0.39, 0.29) is 29.6 Å². The molecule has 3 aliphatic carbocycles. The fraction of sp³-hybridized carbons (Fsp3) is 0.667. The van der Waals surface area contributed by atoms with Crippen LogP contribution >= 0.6 is 0 Å². The summed E-state index contributed by atoms with van der Waals surface area (Å²) in [5.74, 6) is 0.369. The largest absolute Gasteiger partial charge is 0.336 e. The lowest BCUT2D eigenvalue weighted by Crippen LogP contribution is -2.56. The maximum Gasteiger partial charge on any atom is 0.321 e. The molecule has 3 amide bonds. The summed E-state index contributed by atoms with van der Waals surface area (Å²) in [6.07, 6.45) is 8.86. The number of nitriles is 1. The van der Waals surface area contributed by atoms with Crippen LogP contribution in [0.3, 0.4) is 0 Å². The van der Waals surface area contributed by atoms with Crippen LogP contribution in [0.5, 0.6) is 0 Å². The Labute approximate surface area is 203 Å². The van der Waals surface area contributed by atoms with Crippen LogP contribution < -0.4 is 5.32 Å². The van der Waals surface area contributed by atoms with Gasteiger partial charge in [0.1, 0.15) is 12.1 Å². The normalized spacial score (nSPS) is 30.4. The number of carbonyl (C=O) groups is 2. The molecular weight excluding hydrogens is 426 g/mol. The van der Waals surface area contributed by atoms with Crippen LogP contribution in [0, 0.1) is 17.2 Å². The molecule has 7 heteroatoms. The number of urea groups is 1. The fourth-order valence-electron chi connectivity index (χ4n) is 6.38. The highest BCUT2D eigenvalue weighted by Crippen LogP contribution is 2.49. The van der Waals surface area contributed by atoms with Crippen molar-refractivity contribution >= 4 is 11.9 Å². The molecule has 4 aliphatic rings. The molecule has 0 bridgehead atoms. The number of benzene rings is 1. The molecule has 3 saturated carbocycles. The Morgan fingerprint density at radius 1 is 1.12 bits per heavy atom. The van der Waals surface area contributed by atoms with Crippen LogP contribution in [-0.4, -0.2) is 71.4 Å². The summed E-state index contributed by atoms with van der Waals surface area (Å²) in [5, 5.41) is 12.2. The van der Waals surface area contributed by atoms with Gasteiger partial charge in [0.05, 0.1) is 11.6 Å². The molecule has 1 spiro atoms. The third kappa shape index (κ3) is 3.96. The van der Waals surface area contributed by atoms with Crippen LogP contribution in [0.25, 0.3) is 0 Å². The van der Waals surface area contributed by atoms with E-state index in [0.29, 0.717) is 25.3 Å². The minimum absolute atomic E-state index is 0.000851. The molecule has 0 radical (unpaired) electrons. The molecule has 1 heterocycles. The van der Waals surface area contributed by atoms with Crippen molar-refractivity contribution in [1.82, 2.24) is 20.0 Å². The number of hydrogen-bond acceptors (Lipinski definition) is 4. The SMILES string of the molecule is CN(C)C1(c2ccccc2)CCC2(CC1)CN(CC(=O)NC1(C#N)CC1)C(=O)N2CC1CCC1. The predicted molar refractivity (Wildman–Crippen MR) is 130 cm³/mol. The summed E-state index contributed by atoms with van der Waals surface area (Å²) in [5.41, 5.74) is 0.392. The van der Waals surface area contributed by atoms with Gasteiger partial charge in [0.25, 0.3) is 0 Å². The lowest BCUT2D eigenvalue weighted by Gasteiger charge is -2.51. The van der Waals surface area contributed by atoms with E-state index in [0.717, 1.165) is 32.2 Å². The first-order chi connectivity index (χ1) is 16.3. The summed E-state index contributed by atoms with van der Waals surface area (Å²) in [6, 6.07) is 13.0. The Bertz CT molecular complexity index is 968. The minimum atomic E-state index is -0.699. The third-order valence-corrected chi connectivity index (χ3v) is 9.08. The summed E-state index contributed by atoms with van der Waals surface area (Å²) in [4.78, 5) is 32.6. The van der Waals surface area contributed by atoms with Gasteiger partial charge in [0, 0.05) is 18.6 Å². The van der Waals surface area contributed by atoms with Gasteiger partial charge in [-0.05, 0) is 76.9 Å². The Hall–Kier alpha value is -2.59. The fourth-order valence-corrected chi connectivity index (χ4v) is 6.38. The van der Waals surface area contributed by atoms with E-state index >= 15 is 0 Å². The van der Waals surface area contributed by atoms with Crippen LogP contribution in [0.2, 0.25) is 0 Å². The molecule has 7 nitrogen and oxygen atoms in total. The zero-order chi connectivity index (χ0) is 24.0. The maximum atomic E-state index is 13.6. The molecule has 5 rings (SSSR count). The van der Waals surface area contributed by atoms with Crippen molar-refractivity contribution in [2.45, 2.75) is 74.4 Å². The first-order valence-electron chi connectivity index (χ1n) is 12.8. The summed E-state index contributed by atoms with van der Waals surface area (Å²) >= 11 is 0. The predicted octanol–water partition coefficient (Wildman–Crippen LogP) is 3.47. The molecule has 182 valence electrons. The van der Waals surface area contributed by atoms with Gasteiger partial charge in [-0.15, -0.1) is 0 Å². The van der Waals surface area contributed by atoms with Crippen LogP contribution in [0.15, 0.2) is 30.3 Å². The smallest absolute Gasteiger partial charge is 0.321 e. The van der Waals surface area contributed by atoms with E-state index in [9.17, 15) is 14.9 Å². The van der Waals surface area contributed by atoms with Crippen molar-refractivity contribution in [2.24, 2.45) is 5.92 Å². The number of carbonyl (C=O) groups excluding carboxylic acids is 2. The second-order valence-corrected chi connectivity index (χ2v) is 11.3. The highest BCUT2D eigenvalue weighted by Gasteiger charge is 2.55. The molecule has 0 unspecified atom stereocenters. The summed E-state index contributed by atoms with van der Waals surface area (Å²) in [6.45, 7) is 1.45. The Kier molecular flexibility index (Phi) is 5.84. The van der Waals surface area contributed by atoms with E-state index in [1.54, 1.807) is 4.90 Å². The van der Waals surface area contributed by atoms with Gasteiger partial charge >= 0.3 is 6.03 Å². The minimum Gasteiger partial charge on any atom is -0.336 e. The van der Waals surface area contributed by atoms with Crippen molar-refractivity contribution in [3.8, 4) is 6.07 Å². The molecule has 1 aromatic carbocycles. The lowest BCUT2D eigenvalue weighted by molar-refractivity contribution is -0.122. The molecule has 1 N–H and O–H groups in total. The van der Waals surface area contributed by atoms with E-state index in [2.05, 4.69) is 65.6 Å². The lowest BCUT2D eigenvalue weighted by atomic mass is 9.68. The second kappa shape index (κ2) is 8.57. The van der Waals surface area contributed by atoms with Crippen LogP contribution in [-0.2, 0) is 10.3 Å². The van der Waals surface area contributed by atoms with Crippen LogP contribution in [0.4, 0.5) is 4.79 Å². The van der Waals surface area contributed by atoms with Crippen molar-refractivity contribution in [1.29, 1.82) is 5.26 Å².